The van der Waals surface area contributed by atoms with Crippen molar-refractivity contribution in [2.75, 3.05) is 5.32 Å². The zero-order chi connectivity index (χ0) is 16.9. The van der Waals surface area contributed by atoms with Crippen LogP contribution in [0.5, 0.6) is 5.75 Å². The molecule has 8 heteroatoms. The van der Waals surface area contributed by atoms with Crippen molar-refractivity contribution in [3.8, 4) is 11.6 Å². The molecule has 0 unspecified atom stereocenters. The van der Waals surface area contributed by atoms with E-state index in [1.807, 2.05) is 0 Å². The number of anilines is 1. The Hall–Kier alpha value is -3.29. The molecule has 2 heterocycles. The third kappa shape index (κ3) is 3.54. The first kappa shape index (κ1) is 15.6. The number of benzene rings is 1. The van der Waals surface area contributed by atoms with Crippen molar-refractivity contribution in [3.63, 3.8) is 0 Å². The van der Waals surface area contributed by atoms with Crippen LogP contribution in [-0.2, 0) is 0 Å². The van der Waals surface area contributed by atoms with Gasteiger partial charge in [0.2, 0.25) is 0 Å². The van der Waals surface area contributed by atoms with E-state index in [0.29, 0.717) is 17.1 Å². The summed E-state index contributed by atoms with van der Waals surface area (Å²) < 4.78 is 30.0. The maximum atomic E-state index is 12.3. The average molecular weight is 330 g/mol. The van der Waals surface area contributed by atoms with Crippen LogP contribution in [0.25, 0.3) is 5.82 Å². The van der Waals surface area contributed by atoms with E-state index >= 15 is 0 Å². The first-order valence-corrected chi connectivity index (χ1v) is 6.95. The second-order valence-corrected chi connectivity index (χ2v) is 4.68. The highest BCUT2D eigenvalue weighted by Crippen LogP contribution is 2.19. The largest absolute Gasteiger partial charge is 0.435 e. The molecular formula is C16H12F2N4O2. The molecule has 1 N–H and O–H groups in total. The number of halogens is 2. The minimum absolute atomic E-state index is 0.0137. The topological polar surface area (TPSA) is 69.0 Å². The molecule has 0 saturated heterocycles. The molecule has 6 nitrogen and oxygen atoms in total. The molecule has 1 amide bonds. The highest BCUT2D eigenvalue weighted by Gasteiger charge is 2.12. The van der Waals surface area contributed by atoms with Crippen LogP contribution in [0.4, 0.5) is 14.5 Å². The van der Waals surface area contributed by atoms with Crippen molar-refractivity contribution in [1.29, 1.82) is 0 Å². The van der Waals surface area contributed by atoms with Gasteiger partial charge in [0, 0.05) is 24.2 Å². The van der Waals surface area contributed by atoms with E-state index < -0.39 is 12.5 Å². The number of pyridine rings is 1. The first-order valence-electron chi connectivity index (χ1n) is 6.95. The summed E-state index contributed by atoms with van der Waals surface area (Å²) in [7, 11) is 0. The van der Waals surface area contributed by atoms with Gasteiger partial charge in [0.25, 0.3) is 5.91 Å². The van der Waals surface area contributed by atoms with E-state index in [1.54, 1.807) is 36.8 Å². The van der Waals surface area contributed by atoms with Crippen LogP contribution >= 0.6 is 0 Å². The standard InChI is InChI=1S/C16H12F2N4O2/c17-16(18)24-12-6-4-11(5-7-12)15(23)21-13-3-1-8-19-14(13)22-10-2-9-20-22/h1-10,16H,(H,21,23). The summed E-state index contributed by atoms with van der Waals surface area (Å²) in [6.45, 7) is -2.91. The summed E-state index contributed by atoms with van der Waals surface area (Å²) in [6, 6.07) is 10.5. The van der Waals surface area contributed by atoms with Gasteiger partial charge in [0.15, 0.2) is 5.82 Å². The molecule has 3 aromatic rings. The second-order valence-electron chi connectivity index (χ2n) is 4.68. The molecule has 0 aliphatic heterocycles. The lowest BCUT2D eigenvalue weighted by Gasteiger charge is -2.10. The molecule has 3 rings (SSSR count). The SMILES string of the molecule is O=C(Nc1cccnc1-n1cccn1)c1ccc(OC(F)F)cc1. The number of carbonyl (C=O) groups is 1. The Balaban J connectivity index is 1.78. The van der Waals surface area contributed by atoms with E-state index in [4.69, 9.17) is 0 Å². The molecule has 122 valence electrons. The average Bonchev–Trinajstić information content (AvgIpc) is 3.10. The van der Waals surface area contributed by atoms with Crippen LogP contribution in [-0.4, -0.2) is 27.3 Å². The monoisotopic (exact) mass is 330 g/mol. The molecule has 0 aliphatic carbocycles. The minimum atomic E-state index is -2.91. The molecule has 1 aromatic carbocycles. The summed E-state index contributed by atoms with van der Waals surface area (Å²) in [5.74, 6) is 0.0497. The van der Waals surface area contributed by atoms with Crippen molar-refractivity contribution < 1.29 is 18.3 Å². The number of ether oxygens (including phenoxy) is 1. The second kappa shape index (κ2) is 6.86. The van der Waals surface area contributed by atoms with E-state index in [0.717, 1.165) is 0 Å². The maximum Gasteiger partial charge on any atom is 0.387 e. The summed E-state index contributed by atoms with van der Waals surface area (Å²) in [4.78, 5) is 16.5. The molecule has 2 aromatic heterocycles. The van der Waals surface area contributed by atoms with E-state index in [-0.39, 0.29) is 5.75 Å². The van der Waals surface area contributed by atoms with Crippen molar-refractivity contribution >= 4 is 11.6 Å². The molecule has 0 bridgehead atoms. The number of aromatic nitrogens is 3. The van der Waals surface area contributed by atoms with Crippen LogP contribution in [0.2, 0.25) is 0 Å². The van der Waals surface area contributed by atoms with Gasteiger partial charge in [0.1, 0.15) is 5.75 Å². The Bertz CT molecular complexity index is 820. The van der Waals surface area contributed by atoms with E-state index in [1.165, 1.54) is 28.9 Å². The normalized spacial score (nSPS) is 10.6. The van der Waals surface area contributed by atoms with Gasteiger partial charge >= 0.3 is 6.61 Å². The predicted octanol–water partition coefficient (Wildman–Crippen LogP) is 3.12. The Morgan fingerprint density at radius 3 is 2.58 bits per heavy atom. The van der Waals surface area contributed by atoms with Crippen LogP contribution in [0.15, 0.2) is 61.1 Å². The molecule has 0 atom stereocenters. The van der Waals surface area contributed by atoms with Gasteiger partial charge in [-0.3, -0.25) is 4.79 Å². The Morgan fingerprint density at radius 2 is 1.92 bits per heavy atom. The lowest BCUT2D eigenvalue weighted by Crippen LogP contribution is -2.14. The van der Waals surface area contributed by atoms with E-state index in [2.05, 4.69) is 20.1 Å². The summed E-state index contributed by atoms with van der Waals surface area (Å²) in [5.41, 5.74) is 0.769. The molecule has 0 spiro atoms. The number of alkyl halides is 2. The predicted molar refractivity (Wildman–Crippen MR) is 82.4 cm³/mol. The third-order valence-electron chi connectivity index (χ3n) is 3.10. The van der Waals surface area contributed by atoms with Gasteiger partial charge in [-0.1, -0.05) is 0 Å². The first-order chi connectivity index (χ1) is 11.6. The maximum absolute atomic E-state index is 12.3. The minimum Gasteiger partial charge on any atom is -0.435 e. The third-order valence-corrected chi connectivity index (χ3v) is 3.10. The summed E-state index contributed by atoms with van der Waals surface area (Å²) in [5, 5.41) is 6.81. The van der Waals surface area contributed by atoms with Crippen molar-refractivity contribution in [1.82, 2.24) is 14.8 Å². The fourth-order valence-corrected chi connectivity index (χ4v) is 2.05. The lowest BCUT2D eigenvalue weighted by atomic mass is 10.2. The number of rotatable bonds is 5. The lowest BCUT2D eigenvalue weighted by molar-refractivity contribution is -0.0498. The van der Waals surface area contributed by atoms with Crippen LogP contribution in [0.3, 0.4) is 0 Å². The number of nitrogens with zero attached hydrogens (tertiary/aromatic N) is 3. The van der Waals surface area contributed by atoms with Gasteiger partial charge in [-0.25, -0.2) is 9.67 Å². The zero-order valence-corrected chi connectivity index (χ0v) is 12.3. The fourth-order valence-electron chi connectivity index (χ4n) is 2.05. The summed E-state index contributed by atoms with van der Waals surface area (Å²) >= 11 is 0. The number of hydrogen-bond donors (Lipinski definition) is 1. The van der Waals surface area contributed by atoms with E-state index in [9.17, 15) is 13.6 Å². The van der Waals surface area contributed by atoms with Gasteiger partial charge in [-0.15, -0.1) is 0 Å². The highest BCUT2D eigenvalue weighted by atomic mass is 19.3. The molecule has 24 heavy (non-hydrogen) atoms. The summed E-state index contributed by atoms with van der Waals surface area (Å²) in [6.07, 6.45) is 4.89. The van der Waals surface area contributed by atoms with Gasteiger partial charge in [-0.05, 0) is 42.5 Å². The fraction of sp³-hybridized carbons (Fsp3) is 0.0625. The van der Waals surface area contributed by atoms with Gasteiger partial charge in [0.05, 0.1) is 5.69 Å². The molecular weight excluding hydrogens is 318 g/mol. The van der Waals surface area contributed by atoms with Crippen molar-refractivity contribution in [2.24, 2.45) is 0 Å². The van der Waals surface area contributed by atoms with Gasteiger partial charge < -0.3 is 10.1 Å². The zero-order valence-electron chi connectivity index (χ0n) is 12.3. The van der Waals surface area contributed by atoms with Crippen LogP contribution in [0, 0.1) is 0 Å². The number of amides is 1. The molecule has 0 aliphatic rings. The van der Waals surface area contributed by atoms with Crippen molar-refractivity contribution in [2.45, 2.75) is 6.61 Å². The smallest absolute Gasteiger partial charge is 0.387 e. The molecule has 0 fully saturated rings. The number of nitrogens with one attached hydrogen (secondary N) is 1. The number of carbonyl (C=O) groups excluding carboxylic acids is 1. The Labute approximate surface area is 135 Å². The number of hydrogen-bond acceptors (Lipinski definition) is 4. The molecule has 0 radical (unpaired) electrons. The van der Waals surface area contributed by atoms with Gasteiger partial charge in [-0.2, -0.15) is 13.9 Å². The highest BCUT2D eigenvalue weighted by molar-refractivity contribution is 6.05. The quantitative estimate of drug-likeness (QED) is 0.780. The van der Waals surface area contributed by atoms with Crippen LogP contribution < -0.4 is 10.1 Å². The molecule has 0 saturated carbocycles. The Kier molecular flexibility index (Phi) is 4.46. The Morgan fingerprint density at radius 1 is 1.12 bits per heavy atom. The van der Waals surface area contributed by atoms with Crippen LogP contribution in [0.1, 0.15) is 10.4 Å². The van der Waals surface area contributed by atoms with Crippen molar-refractivity contribution in [3.05, 3.63) is 66.6 Å².